The molecule has 102 valence electrons. The number of aliphatic hydroxyl groups is 1. The molecule has 2 unspecified atom stereocenters. The van der Waals surface area contributed by atoms with Gasteiger partial charge in [0.2, 0.25) is 0 Å². The van der Waals surface area contributed by atoms with Gasteiger partial charge in [-0.3, -0.25) is 0 Å². The first-order chi connectivity index (χ1) is 8.31. The molecule has 0 aliphatic heterocycles. The van der Waals surface area contributed by atoms with Crippen LogP contribution in [0.5, 0.6) is 0 Å². The topological polar surface area (TPSA) is 58.3 Å². The Labute approximate surface area is 110 Å². The van der Waals surface area contributed by atoms with Crippen molar-refractivity contribution in [3.8, 4) is 0 Å². The lowest BCUT2D eigenvalue weighted by atomic mass is 9.84. The van der Waals surface area contributed by atoms with E-state index in [1.54, 1.807) is 0 Å². The molecule has 0 aliphatic rings. The molecule has 1 aromatic rings. The molecule has 0 radical (unpaired) electrons. The summed E-state index contributed by atoms with van der Waals surface area (Å²) in [7, 11) is 1.85. The molecule has 0 bridgehead atoms. The number of hydrogen-bond donors (Lipinski definition) is 3. The molecule has 1 rings (SSSR count). The Morgan fingerprint density at radius 1 is 1.33 bits per heavy atom. The lowest BCUT2D eigenvalue weighted by Crippen LogP contribution is -2.35. The number of hydrogen-bond acceptors (Lipinski definition) is 3. The molecular weight excluding hydrogens is 224 g/mol. The van der Waals surface area contributed by atoms with Gasteiger partial charge in [-0.05, 0) is 36.1 Å². The second-order valence-corrected chi connectivity index (χ2v) is 5.89. The van der Waals surface area contributed by atoms with E-state index in [1.807, 2.05) is 7.05 Å². The summed E-state index contributed by atoms with van der Waals surface area (Å²) in [4.78, 5) is 0. The zero-order valence-corrected chi connectivity index (χ0v) is 12.1. The summed E-state index contributed by atoms with van der Waals surface area (Å²) in [5.41, 5.74) is 9.30. The van der Waals surface area contributed by atoms with Gasteiger partial charge in [0, 0.05) is 6.54 Å². The van der Waals surface area contributed by atoms with Crippen LogP contribution in [0.3, 0.4) is 0 Å². The smallest absolute Gasteiger partial charge is 0.0856 e. The summed E-state index contributed by atoms with van der Waals surface area (Å²) in [5.74, 6) is 0. The minimum Gasteiger partial charge on any atom is -0.390 e. The Kier molecular flexibility index (Phi) is 4.91. The Hall–Kier alpha value is -0.900. The number of likely N-dealkylation sites (N-methyl/N-ethyl adjacent to an activating group) is 1. The van der Waals surface area contributed by atoms with Gasteiger partial charge in [0.15, 0.2) is 0 Å². The zero-order chi connectivity index (χ0) is 13.9. The average Bonchev–Trinajstić information content (AvgIpc) is 2.30. The molecule has 0 fully saturated rings. The number of nitrogens with two attached hydrogens (primary N) is 1. The summed E-state index contributed by atoms with van der Waals surface area (Å²) in [6, 6.07) is 6.32. The molecule has 18 heavy (non-hydrogen) atoms. The molecule has 0 aliphatic carbocycles. The van der Waals surface area contributed by atoms with Crippen LogP contribution in [0.15, 0.2) is 18.2 Å². The monoisotopic (exact) mass is 250 g/mol. The predicted octanol–water partition coefficient (Wildman–Crippen LogP) is 1.87. The van der Waals surface area contributed by atoms with Crippen LogP contribution in [-0.4, -0.2) is 24.8 Å². The number of aryl methyl sites for hydroxylation is 1. The molecule has 0 aromatic heterocycles. The Balaban J connectivity index is 3.12. The Bertz CT molecular complexity index is 396. The van der Waals surface area contributed by atoms with E-state index in [2.05, 4.69) is 51.2 Å². The lowest BCUT2D eigenvalue weighted by molar-refractivity contribution is 0.139. The highest BCUT2D eigenvalue weighted by atomic mass is 16.3. The lowest BCUT2D eigenvalue weighted by Gasteiger charge is -2.26. The van der Waals surface area contributed by atoms with Crippen molar-refractivity contribution in [2.24, 2.45) is 5.73 Å². The fraction of sp³-hybridized carbons (Fsp3) is 0.600. The highest BCUT2D eigenvalue weighted by molar-refractivity contribution is 5.36. The van der Waals surface area contributed by atoms with Crippen molar-refractivity contribution in [3.05, 3.63) is 34.9 Å². The summed E-state index contributed by atoms with van der Waals surface area (Å²) in [5, 5.41) is 13.1. The third kappa shape index (κ3) is 3.31. The van der Waals surface area contributed by atoms with Crippen LogP contribution < -0.4 is 11.1 Å². The van der Waals surface area contributed by atoms with Gasteiger partial charge in [-0.2, -0.15) is 0 Å². The minimum atomic E-state index is -0.561. The maximum Gasteiger partial charge on any atom is 0.0856 e. The van der Waals surface area contributed by atoms with Gasteiger partial charge in [-0.1, -0.05) is 39.0 Å². The zero-order valence-electron chi connectivity index (χ0n) is 12.1. The molecule has 3 heteroatoms. The van der Waals surface area contributed by atoms with Gasteiger partial charge < -0.3 is 16.2 Å². The van der Waals surface area contributed by atoms with Crippen molar-refractivity contribution in [1.29, 1.82) is 0 Å². The van der Waals surface area contributed by atoms with Crippen molar-refractivity contribution in [1.82, 2.24) is 5.32 Å². The van der Waals surface area contributed by atoms with Crippen molar-refractivity contribution in [2.45, 2.75) is 45.3 Å². The number of nitrogens with one attached hydrogen (secondary N) is 1. The van der Waals surface area contributed by atoms with E-state index >= 15 is 0 Å². The van der Waals surface area contributed by atoms with E-state index in [4.69, 9.17) is 5.73 Å². The van der Waals surface area contributed by atoms with Crippen molar-refractivity contribution in [3.63, 3.8) is 0 Å². The summed E-state index contributed by atoms with van der Waals surface area (Å²) < 4.78 is 0. The van der Waals surface area contributed by atoms with E-state index in [0.717, 1.165) is 5.56 Å². The molecule has 0 amide bonds. The first-order valence-corrected chi connectivity index (χ1v) is 6.47. The molecule has 0 heterocycles. The van der Waals surface area contributed by atoms with Crippen LogP contribution in [0.25, 0.3) is 0 Å². The molecule has 0 saturated carbocycles. The van der Waals surface area contributed by atoms with Gasteiger partial charge in [-0.15, -0.1) is 0 Å². The van der Waals surface area contributed by atoms with E-state index in [1.165, 1.54) is 11.1 Å². The third-order valence-electron chi connectivity index (χ3n) is 3.41. The molecule has 2 atom stereocenters. The number of aliphatic hydroxyl groups excluding tert-OH is 1. The SMILES string of the molecule is CNC(c1ccc(C(C)(C)C)cc1C)C(O)CN. The minimum absolute atomic E-state index is 0.107. The van der Waals surface area contributed by atoms with Crippen molar-refractivity contribution < 1.29 is 5.11 Å². The van der Waals surface area contributed by atoms with E-state index in [-0.39, 0.29) is 18.0 Å². The Morgan fingerprint density at radius 3 is 2.33 bits per heavy atom. The van der Waals surface area contributed by atoms with Crippen LogP contribution >= 0.6 is 0 Å². The van der Waals surface area contributed by atoms with Gasteiger partial charge in [-0.25, -0.2) is 0 Å². The van der Waals surface area contributed by atoms with E-state index < -0.39 is 6.10 Å². The summed E-state index contributed by atoms with van der Waals surface area (Å²) in [6.45, 7) is 8.94. The van der Waals surface area contributed by atoms with E-state index in [0.29, 0.717) is 0 Å². The molecule has 0 spiro atoms. The third-order valence-corrected chi connectivity index (χ3v) is 3.41. The second-order valence-electron chi connectivity index (χ2n) is 5.89. The largest absolute Gasteiger partial charge is 0.390 e. The molecular formula is C15H26N2O. The molecule has 1 aromatic carbocycles. The predicted molar refractivity (Wildman–Crippen MR) is 76.7 cm³/mol. The fourth-order valence-corrected chi connectivity index (χ4v) is 2.18. The van der Waals surface area contributed by atoms with Crippen molar-refractivity contribution >= 4 is 0 Å². The highest BCUT2D eigenvalue weighted by Crippen LogP contribution is 2.27. The van der Waals surface area contributed by atoms with Gasteiger partial charge in [0.05, 0.1) is 12.1 Å². The van der Waals surface area contributed by atoms with Crippen molar-refractivity contribution in [2.75, 3.05) is 13.6 Å². The first-order valence-electron chi connectivity index (χ1n) is 6.47. The average molecular weight is 250 g/mol. The van der Waals surface area contributed by atoms with Crippen LogP contribution in [0, 0.1) is 6.92 Å². The van der Waals surface area contributed by atoms with Crippen LogP contribution in [0.4, 0.5) is 0 Å². The number of rotatable bonds is 4. The van der Waals surface area contributed by atoms with Crippen LogP contribution in [0.1, 0.15) is 43.5 Å². The highest BCUT2D eigenvalue weighted by Gasteiger charge is 2.21. The van der Waals surface area contributed by atoms with E-state index in [9.17, 15) is 5.11 Å². The van der Waals surface area contributed by atoms with Gasteiger partial charge >= 0.3 is 0 Å². The van der Waals surface area contributed by atoms with Crippen LogP contribution in [0.2, 0.25) is 0 Å². The first kappa shape index (κ1) is 15.2. The number of benzene rings is 1. The normalized spacial score (nSPS) is 15.5. The van der Waals surface area contributed by atoms with Gasteiger partial charge in [0.25, 0.3) is 0 Å². The summed E-state index contributed by atoms with van der Waals surface area (Å²) in [6.07, 6.45) is -0.561. The Morgan fingerprint density at radius 2 is 1.94 bits per heavy atom. The quantitative estimate of drug-likeness (QED) is 0.764. The standard InChI is InChI=1S/C15H26N2O/c1-10-8-11(15(2,3)4)6-7-12(10)14(17-5)13(18)9-16/h6-8,13-14,17-18H,9,16H2,1-5H3. The fourth-order valence-electron chi connectivity index (χ4n) is 2.18. The molecule has 0 saturated heterocycles. The van der Waals surface area contributed by atoms with Gasteiger partial charge in [0.1, 0.15) is 0 Å². The maximum atomic E-state index is 9.94. The molecule has 3 nitrogen and oxygen atoms in total. The summed E-state index contributed by atoms with van der Waals surface area (Å²) >= 11 is 0. The van der Waals surface area contributed by atoms with Crippen LogP contribution in [-0.2, 0) is 5.41 Å². The maximum absolute atomic E-state index is 9.94. The second kappa shape index (κ2) is 5.83. The molecule has 4 N–H and O–H groups in total.